The first-order valence-electron chi connectivity index (χ1n) is 5.53. The van der Waals surface area contributed by atoms with Crippen LogP contribution >= 0.6 is 0 Å². The zero-order valence-electron chi connectivity index (χ0n) is 11.7. The van der Waals surface area contributed by atoms with Crippen molar-refractivity contribution < 1.29 is 18.9 Å². The Kier molecular flexibility index (Phi) is 5.44. The standard InChI is InChI=1S/C12H24O4Si/c1-9-13-15-17(11(3,4)5,12(6,7)8)16-14-10-2/h9-10H,1-2H2,3-8H3. The number of rotatable bonds is 6. The summed E-state index contributed by atoms with van der Waals surface area (Å²) in [6.07, 6.45) is 2.47. The van der Waals surface area contributed by atoms with Crippen LogP contribution in [0.3, 0.4) is 0 Å². The average Bonchev–Trinajstić information content (AvgIpc) is 2.14. The maximum Gasteiger partial charge on any atom is 0.450 e. The van der Waals surface area contributed by atoms with Crippen molar-refractivity contribution in [1.29, 1.82) is 0 Å². The molecule has 0 heterocycles. The van der Waals surface area contributed by atoms with Crippen molar-refractivity contribution in [3.63, 3.8) is 0 Å². The highest BCUT2D eigenvalue weighted by molar-refractivity contribution is 6.73. The van der Waals surface area contributed by atoms with Crippen molar-refractivity contribution in [3.05, 3.63) is 25.7 Å². The first-order valence-corrected chi connectivity index (χ1v) is 7.35. The smallest absolute Gasteiger partial charge is 0.355 e. The maximum absolute atomic E-state index is 5.54. The molecule has 0 saturated heterocycles. The predicted octanol–water partition coefficient (Wildman–Crippen LogP) is 4.21. The van der Waals surface area contributed by atoms with Crippen LogP contribution in [0.4, 0.5) is 0 Å². The lowest BCUT2D eigenvalue weighted by Gasteiger charge is -2.44. The summed E-state index contributed by atoms with van der Waals surface area (Å²) in [7, 11) is -2.83. The van der Waals surface area contributed by atoms with Gasteiger partial charge in [0.25, 0.3) is 0 Å². The van der Waals surface area contributed by atoms with Gasteiger partial charge in [-0.15, -0.1) is 0 Å². The van der Waals surface area contributed by atoms with Crippen molar-refractivity contribution in [2.24, 2.45) is 0 Å². The monoisotopic (exact) mass is 260 g/mol. The van der Waals surface area contributed by atoms with Crippen molar-refractivity contribution in [2.75, 3.05) is 0 Å². The number of hydrogen-bond acceptors (Lipinski definition) is 4. The summed E-state index contributed by atoms with van der Waals surface area (Å²) in [6.45, 7) is 19.1. The Morgan fingerprint density at radius 3 is 1.24 bits per heavy atom. The minimum atomic E-state index is -2.83. The molecule has 4 nitrogen and oxygen atoms in total. The highest BCUT2D eigenvalue weighted by Crippen LogP contribution is 2.52. The fraction of sp³-hybridized carbons (Fsp3) is 0.667. The lowest BCUT2D eigenvalue weighted by atomic mass is 10.2. The van der Waals surface area contributed by atoms with Crippen LogP contribution in [0.2, 0.25) is 10.1 Å². The summed E-state index contributed by atoms with van der Waals surface area (Å²) < 4.78 is 11.1. The van der Waals surface area contributed by atoms with E-state index in [4.69, 9.17) is 18.9 Å². The highest BCUT2D eigenvalue weighted by atomic mass is 28.4. The van der Waals surface area contributed by atoms with Gasteiger partial charge in [-0.05, 0) is 0 Å². The molecule has 0 aliphatic carbocycles. The summed E-state index contributed by atoms with van der Waals surface area (Å²) in [5.41, 5.74) is 0. The quantitative estimate of drug-likeness (QED) is 0.310. The summed E-state index contributed by atoms with van der Waals surface area (Å²) in [4.78, 5) is 9.87. The minimum Gasteiger partial charge on any atom is -0.355 e. The van der Waals surface area contributed by atoms with Crippen LogP contribution in [0.5, 0.6) is 0 Å². The Bertz CT molecular complexity index is 235. The summed E-state index contributed by atoms with van der Waals surface area (Å²) in [5.74, 6) is 0. The van der Waals surface area contributed by atoms with Gasteiger partial charge in [0.05, 0.1) is 0 Å². The normalized spacial score (nSPS) is 13.1. The second-order valence-corrected chi connectivity index (χ2v) is 10.4. The van der Waals surface area contributed by atoms with Gasteiger partial charge >= 0.3 is 8.56 Å². The zero-order chi connectivity index (χ0) is 13.7. The summed E-state index contributed by atoms with van der Waals surface area (Å²) in [6, 6.07) is 0. The van der Waals surface area contributed by atoms with Crippen LogP contribution in [0.1, 0.15) is 41.5 Å². The zero-order valence-corrected chi connectivity index (χ0v) is 12.7. The first kappa shape index (κ1) is 16.2. The molecular weight excluding hydrogens is 236 g/mol. The van der Waals surface area contributed by atoms with Gasteiger partial charge < -0.3 is 9.78 Å². The third-order valence-corrected chi connectivity index (χ3v) is 7.05. The Morgan fingerprint density at radius 1 is 0.765 bits per heavy atom. The van der Waals surface area contributed by atoms with E-state index < -0.39 is 8.56 Å². The highest BCUT2D eigenvalue weighted by Gasteiger charge is 2.63. The predicted molar refractivity (Wildman–Crippen MR) is 69.9 cm³/mol. The maximum atomic E-state index is 5.54. The lowest BCUT2D eigenvalue weighted by Crippen LogP contribution is -2.56. The van der Waals surface area contributed by atoms with Gasteiger partial charge in [0.1, 0.15) is 12.5 Å². The van der Waals surface area contributed by atoms with Crippen molar-refractivity contribution >= 4 is 8.56 Å². The second kappa shape index (κ2) is 5.71. The average molecular weight is 260 g/mol. The Labute approximate surface area is 105 Å². The topological polar surface area (TPSA) is 36.9 Å². The van der Waals surface area contributed by atoms with E-state index in [1.54, 1.807) is 0 Å². The van der Waals surface area contributed by atoms with Crippen molar-refractivity contribution in [1.82, 2.24) is 0 Å². The van der Waals surface area contributed by atoms with E-state index in [2.05, 4.69) is 13.2 Å². The minimum absolute atomic E-state index is 0.253. The Morgan fingerprint density at radius 2 is 1.06 bits per heavy atom. The van der Waals surface area contributed by atoms with Crippen LogP contribution in [0.15, 0.2) is 25.7 Å². The van der Waals surface area contributed by atoms with Gasteiger partial charge in [0.15, 0.2) is 0 Å². The molecule has 0 atom stereocenters. The van der Waals surface area contributed by atoms with Gasteiger partial charge in [-0.3, -0.25) is 0 Å². The molecule has 0 aromatic rings. The summed E-state index contributed by atoms with van der Waals surface area (Å²) >= 11 is 0. The molecule has 0 aromatic heterocycles. The molecule has 0 bridgehead atoms. The molecule has 0 radical (unpaired) electrons. The van der Waals surface area contributed by atoms with Gasteiger partial charge in [0.2, 0.25) is 0 Å². The molecule has 17 heavy (non-hydrogen) atoms. The summed E-state index contributed by atoms with van der Waals surface area (Å²) in [5, 5.41) is -0.505. The molecule has 0 N–H and O–H groups in total. The van der Waals surface area contributed by atoms with E-state index in [1.165, 1.54) is 12.5 Å². The lowest BCUT2D eigenvalue weighted by molar-refractivity contribution is -0.256. The van der Waals surface area contributed by atoms with Crippen LogP contribution in [-0.4, -0.2) is 8.56 Å². The molecule has 0 spiro atoms. The first-order chi connectivity index (χ1) is 7.62. The molecule has 0 amide bonds. The van der Waals surface area contributed by atoms with Crippen LogP contribution < -0.4 is 0 Å². The van der Waals surface area contributed by atoms with Gasteiger partial charge in [-0.25, -0.2) is 9.15 Å². The fourth-order valence-corrected chi connectivity index (χ4v) is 5.53. The molecule has 5 heteroatoms. The molecule has 0 rings (SSSR count). The van der Waals surface area contributed by atoms with Gasteiger partial charge in [-0.1, -0.05) is 54.7 Å². The molecule has 0 saturated carbocycles. The van der Waals surface area contributed by atoms with Gasteiger partial charge in [0, 0.05) is 10.1 Å². The molecule has 0 fully saturated rings. The Hall–Kier alpha value is -0.783. The number of hydrogen-bond donors (Lipinski definition) is 0. The second-order valence-electron chi connectivity index (χ2n) is 5.81. The van der Waals surface area contributed by atoms with E-state index in [1.807, 2.05) is 41.5 Å². The van der Waals surface area contributed by atoms with Crippen molar-refractivity contribution in [3.8, 4) is 0 Å². The third-order valence-electron chi connectivity index (χ3n) is 2.44. The Balaban J connectivity index is 5.36. The third kappa shape index (κ3) is 3.59. The van der Waals surface area contributed by atoms with Crippen molar-refractivity contribution in [2.45, 2.75) is 51.6 Å². The van der Waals surface area contributed by atoms with E-state index in [9.17, 15) is 0 Å². The molecule has 100 valence electrons. The molecule has 0 aromatic carbocycles. The molecule has 0 aliphatic heterocycles. The largest absolute Gasteiger partial charge is 0.450 e. The van der Waals surface area contributed by atoms with Crippen LogP contribution in [0, 0.1) is 0 Å². The van der Waals surface area contributed by atoms with E-state index in [0.717, 1.165) is 0 Å². The van der Waals surface area contributed by atoms with E-state index >= 15 is 0 Å². The van der Waals surface area contributed by atoms with E-state index in [0.29, 0.717) is 0 Å². The van der Waals surface area contributed by atoms with Crippen LogP contribution in [0.25, 0.3) is 0 Å². The molecule has 0 unspecified atom stereocenters. The SMILES string of the molecule is C=COO[Si](OOC=C)(C(C)(C)C)C(C)(C)C. The molecular formula is C12H24O4Si. The van der Waals surface area contributed by atoms with E-state index in [-0.39, 0.29) is 10.1 Å². The molecule has 0 aliphatic rings. The van der Waals surface area contributed by atoms with Gasteiger partial charge in [-0.2, -0.15) is 0 Å². The fourth-order valence-electron chi connectivity index (χ4n) is 1.84. The van der Waals surface area contributed by atoms with Crippen LogP contribution in [-0.2, 0) is 18.9 Å².